The predicted molar refractivity (Wildman–Crippen MR) is 95.7 cm³/mol. The van der Waals surface area contributed by atoms with Crippen molar-refractivity contribution in [2.24, 2.45) is 0 Å². The van der Waals surface area contributed by atoms with Crippen LogP contribution in [0.2, 0.25) is 0 Å². The highest BCUT2D eigenvalue weighted by atomic mass is 16.3. The zero-order valence-electron chi connectivity index (χ0n) is 13.3. The molecule has 1 aromatic heterocycles. The van der Waals surface area contributed by atoms with Crippen LogP contribution >= 0.6 is 0 Å². The van der Waals surface area contributed by atoms with Crippen molar-refractivity contribution < 1.29 is 9.90 Å². The lowest BCUT2D eigenvalue weighted by Crippen LogP contribution is -2.17. The Balaban J connectivity index is 1.76. The third-order valence-corrected chi connectivity index (χ3v) is 4.58. The molecule has 2 aromatic carbocycles. The van der Waals surface area contributed by atoms with Gasteiger partial charge in [-0.25, -0.2) is 4.98 Å². The molecule has 0 atom stereocenters. The first kappa shape index (κ1) is 14.7. The molecule has 120 valence electrons. The molecule has 1 N–H and O–H groups in total. The molecule has 3 aromatic rings. The van der Waals surface area contributed by atoms with Crippen molar-refractivity contribution in [3.8, 4) is 17.0 Å². The molecule has 1 aliphatic heterocycles. The first-order valence-corrected chi connectivity index (χ1v) is 8.19. The van der Waals surface area contributed by atoms with Crippen molar-refractivity contribution in [2.45, 2.75) is 12.8 Å². The number of aldehydes is 1. The summed E-state index contributed by atoms with van der Waals surface area (Å²) in [4.78, 5) is 17.8. The van der Waals surface area contributed by atoms with Crippen molar-refractivity contribution in [3.05, 3.63) is 54.1 Å². The Kier molecular flexibility index (Phi) is 3.65. The molecule has 4 heteroatoms. The molecule has 24 heavy (non-hydrogen) atoms. The minimum absolute atomic E-state index is 0.232. The molecule has 0 radical (unpaired) electrons. The predicted octanol–water partition coefficient (Wildman–Crippen LogP) is 4.02. The van der Waals surface area contributed by atoms with E-state index in [9.17, 15) is 9.90 Å². The summed E-state index contributed by atoms with van der Waals surface area (Å²) >= 11 is 0. The Morgan fingerprint density at radius 2 is 1.75 bits per heavy atom. The Morgan fingerprint density at radius 3 is 2.46 bits per heavy atom. The van der Waals surface area contributed by atoms with Crippen LogP contribution < -0.4 is 4.90 Å². The molecule has 2 heterocycles. The fourth-order valence-corrected chi connectivity index (χ4v) is 3.25. The summed E-state index contributed by atoms with van der Waals surface area (Å²) < 4.78 is 0. The maximum Gasteiger partial charge on any atom is 0.150 e. The Hall–Kier alpha value is -2.88. The Morgan fingerprint density at radius 1 is 1.00 bits per heavy atom. The number of fused-ring (bicyclic) bond motifs is 1. The normalized spacial score (nSPS) is 14.2. The lowest BCUT2D eigenvalue weighted by molar-refractivity contribution is 0.112. The molecule has 0 saturated carbocycles. The summed E-state index contributed by atoms with van der Waals surface area (Å²) in [5.74, 6) is 0.232. The van der Waals surface area contributed by atoms with E-state index in [-0.39, 0.29) is 5.75 Å². The molecule has 1 fully saturated rings. The highest BCUT2D eigenvalue weighted by Gasteiger charge is 2.14. The van der Waals surface area contributed by atoms with Crippen LogP contribution in [0.4, 0.5) is 5.69 Å². The van der Waals surface area contributed by atoms with E-state index in [1.807, 2.05) is 24.3 Å². The van der Waals surface area contributed by atoms with E-state index >= 15 is 0 Å². The lowest BCUT2D eigenvalue weighted by atomic mass is 10.1. The number of carbonyl (C=O) groups excluding carboxylic acids is 1. The van der Waals surface area contributed by atoms with Crippen LogP contribution in [0, 0.1) is 0 Å². The number of hydrogen-bond acceptors (Lipinski definition) is 4. The summed E-state index contributed by atoms with van der Waals surface area (Å²) in [6, 6.07) is 14.9. The molecular weight excluding hydrogens is 300 g/mol. The third-order valence-electron chi connectivity index (χ3n) is 4.58. The monoisotopic (exact) mass is 318 g/mol. The second-order valence-electron chi connectivity index (χ2n) is 6.16. The summed E-state index contributed by atoms with van der Waals surface area (Å²) in [7, 11) is 0. The number of hydrogen-bond donors (Lipinski definition) is 1. The van der Waals surface area contributed by atoms with Crippen molar-refractivity contribution in [3.63, 3.8) is 0 Å². The van der Waals surface area contributed by atoms with E-state index in [1.54, 1.807) is 18.2 Å². The molecule has 0 spiro atoms. The standard InChI is InChI=1S/C20H18N2O2/c23-13-14-3-5-15(6-4-14)19-12-20(24)17-11-16(7-8-18(17)21-19)22-9-1-2-10-22/h3-8,11-13H,1-2,9-10H2,(H,21,24). The maximum atomic E-state index is 10.8. The summed E-state index contributed by atoms with van der Waals surface area (Å²) in [5, 5.41) is 11.2. The van der Waals surface area contributed by atoms with Crippen LogP contribution in [0.3, 0.4) is 0 Å². The van der Waals surface area contributed by atoms with Gasteiger partial charge in [-0.15, -0.1) is 0 Å². The van der Waals surface area contributed by atoms with Crippen LogP contribution in [0.1, 0.15) is 23.2 Å². The minimum Gasteiger partial charge on any atom is -0.507 e. The van der Waals surface area contributed by atoms with Gasteiger partial charge in [0.2, 0.25) is 0 Å². The number of pyridine rings is 1. The second-order valence-corrected chi connectivity index (χ2v) is 6.16. The number of aromatic nitrogens is 1. The fraction of sp³-hybridized carbons (Fsp3) is 0.200. The maximum absolute atomic E-state index is 10.8. The number of anilines is 1. The highest BCUT2D eigenvalue weighted by Crippen LogP contribution is 2.32. The first-order valence-electron chi connectivity index (χ1n) is 8.19. The SMILES string of the molecule is O=Cc1ccc(-c2cc(O)c3cc(N4CCCC4)ccc3n2)cc1. The number of nitrogens with zero attached hydrogens (tertiary/aromatic N) is 2. The van der Waals surface area contributed by atoms with Crippen LogP contribution in [-0.2, 0) is 0 Å². The van der Waals surface area contributed by atoms with Crippen LogP contribution in [0.25, 0.3) is 22.2 Å². The third kappa shape index (κ3) is 2.60. The van der Waals surface area contributed by atoms with Gasteiger partial charge in [-0.3, -0.25) is 4.79 Å². The number of carbonyl (C=O) groups is 1. The average molecular weight is 318 g/mol. The molecular formula is C20H18N2O2. The van der Waals surface area contributed by atoms with Gasteiger partial charge >= 0.3 is 0 Å². The fourth-order valence-electron chi connectivity index (χ4n) is 3.25. The van der Waals surface area contributed by atoms with Crippen LogP contribution in [-0.4, -0.2) is 29.5 Å². The van der Waals surface area contributed by atoms with Crippen molar-refractivity contribution >= 4 is 22.9 Å². The number of rotatable bonds is 3. The van der Waals surface area contributed by atoms with E-state index in [0.29, 0.717) is 11.3 Å². The smallest absolute Gasteiger partial charge is 0.150 e. The van der Waals surface area contributed by atoms with Gasteiger partial charge in [0, 0.05) is 41.4 Å². The van der Waals surface area contributed by atoms with Crippen LogP contribution in [0.5, 0.6) is 5.75 Å². The lowest BCUT2D eigenvalue weighted by Gasteiger charge is -2.18. The van der Waals surface area contributed by atoms with Crippen molar-refractivity contribution in [2.75, 3.05) is 18.0 Å². The molecule has 1 saturated heterocycles. The van der Waals surface area contributed by atoms with Gasteiger partial charge in [-0.05, 0) is 31.0 Å². The van der Waals surface area contributed by atoms with Gasteiger partial charge in [0.05, 0.1) is 11.2 Å². The van der Waals surface area contributed by atoms with E-state index < -0.39 is 0 Å². The summed E-state index contributed by atoms with van der Waals surface area (Å²) in [5.41, 5.74) is 4.11. The number of aromatic hydroxyl groups is 1. The molecule has 0 amide bonds. The molecule has 4 nitrogen and oxygen atoms in total. The molecule has 0 unspecified atom stereocenters. The van der Waals surface area contributed by atoms with E-state index in [2.05, 4.69) is 16.0 Å². The molecule has 0 aliphatic carbocycles. The van der Waals surface area contributed by atoms with Crippen LogP contribution in [0.15, 0.2) is 48.5 Å². The zero-order chi connectivity index (χ0) is 16.5. The Bertz CT molecular complexity index is 897. The molecule has 1 aliphatic rings. The Labute approximate surface area is 140 Å². The van der Waals surface area contributed by atoms with Gasteiger partial charge < -0.3 is 10.0 Å². The van der Waals surface area contributed by atoms with Crippen molar-refractivity contribution in [1.82, 2.24) is 4.98 Å². The van der Waals surface area contributed by atoms with Gasteiger partial charge in [-0.2, -0.15) is 0 Å². The quantitative estimate of drug-likeness (QED) is 0.741. The topological polar surface area (TPSA) is 53.4 Å². The molecule has 0 bridgehead atoms. The number of benzene rings is 2. The van der Waals surface area contributed by atoms with E-state index in [0.717, 1.165) is 41.5 Å². The summed E-state index contributed by atoms with van der Waals surface area (Å²) in [6.07, 6.45) is 3.25. The van der Waals surface area contributed by atoms with Gasteiger partial charge in [0.25, 0.3) is 0 Å². The van der Waals surface area contributed by atoms with Crippen molar-refractivity contribution in [1.29, 1.82) is 0 Å². The zero-order valence-corrected chi connectivity index (χ0v) is 13.3. The average Bonchev–Trinajstić information content (AvgIpc) is 3.16. The minimum atomic E-state index is 0.232. The second kappa shape index (κ2) is 5.96. The van der Waals surface area contributed by atoms with Gasteiger partial charge in [0.1, 0.15) is 12.0 Å². The van der Waals surface area contributed by atoms with Gasteiger partial charge in [-0.1, -0.05) is 24.3 Å². The highest BCUT2D eigenvalue weighted by molar-refractivity contribution is 5.90. The molecule has 4 rings (SSSR count). The van der Waals surface area contributed by atoms with E-state index in [1.165, 1.54) is 12.8 Å². The van der Waals surface area contributed by atoms with Gasteiger partial charge in [0.15, 0.2) is 0 Å². The first-order chi connectivity index (χ1) is 11.7. The summed E-state index contributed by atoms with van der Waals surface area (Å²) in [6.45, 7) is 2.14. The largest absolute Gasteiger partial charge is 0.507 e. The van der Waals surface area contributed by atoms with E-state index in [4.69, 9.17) is 0 Å².